The number of carbonyl (C=O) groups is 1. The van der Waals surface area contributed by atoms with E-state index in [1.54, 1.807) is 33.8 Å². The second kappa shape index (κ2) is 5.48. The van der Waals surface area contributed by atoms with Crippen molar-refractivity contribution in [2.45, 2.75) is 33.3 Å². The normalized spacial score (nSPS) is 11.5. The van der Waals surface area contributed by atoms with Gasteiger partial charge in [0.2, 0.25) is 0 Å². The quantitative estimate of drug-likeness (QED) is 0.789. The summed E-state index contributed by atoms with van der Waals surface area (Å²) in [7, 11) is 0. The molecule has 0 saturated heterocycles. The van der Waals surface area contributed by atoms with Crippen LogP contribution in [-0.4, -0.2) is 21.4 Å². The SMILES string of the molecule is Cc1c(C(=O)OC(C)(C)C)cnn1-c1ccc(F)c(Cl)c1. The van der Waals surface area contributed by atoms with E-state index in [1.165, 1.54) is 23.0 Å². The van der Waals surface area contributed by atoms with Crippen LogP contribution in [0, 0.1) is 12.7 Å². The number of rotatable bonds is 2. The van der Waals surface area contributed by atoms with Crippen molar-refractivity contribution in [1.29, 1.82) is 0 Å². The number of halogens is 2. The fourth-order valence-corrected chi connectivity index (χ4v) is 1.99. The van der Waals surface area contributed by atoms with Crippen LogP contribution in [-0.2, 0) is 4.74 Å². The van der Waals surface area contributed by atoms with E-state index in [-0.39, 0.29) is 5.02 Å². The molecule has 21 heavy (non-hydrogen) atoms. The number of esters is 1. The maximum absolute atomic E-state index is 13.2. The zero-order valence-corrected chi connectivity index (χ0v) is 13.0. The first-order valence-corrected chi connectivity index (χ1v) is 6.80. The third kappa shape index (κ3) is 3.42. The lowest BCUT2D eigenvalue weighted by Crippen LogP contribution is -2.24. The van der Waals surface area contributed by atoms with Crippen molar-refractivity contribution in [3.8, 4) is 5.69 Å². The first-order chi connectivity index (χ1) is 9.69. The Morgan fingerprint density at radius 1 is 1.38 bits per heavy atom. The van der Waals surface area contributed by atoms with Crippen LogP contribution in [0.2, 0.25) is 5.02 Å². The summed E-state index contributed by atoms with van der Waals surface area (Å²) >= 11 is 5.76. The smallest absolute Gasteiger partial charge is 0.342 e. The van der Waals surface area contributed by atoms with E-state index in [0.717, 1.165) is 0 Å². The number of carbonyl (C=O) groups excluding carboxylic acids is 1. The number of ether oxygens (including phenoxy) is 1. The van der Waals surface area contributed by atoms with Crippen molar-refractivity contribution >= 4 is 17.6 Å². The lowest BCUT2D eigenvalue weighted by Gasteiger charge is -2.19. The van der Waals surface area contributed by atoms with Crippen LogP contribution in [0.15, 0.2) is 24.4 Å². The van der Waals surface area contributed by atoms with E-state index in [1.807, 2.05) is 0 Å². The number of nitrogens with zero attached hydrogens (tertiary/aromatic N) is 2. The average molecular weight is 311 g/mol. The molecular formula is C15H16ClFN2O2. The Labute approximate surface area is 127 Å². The van der Waals surface area contributed by atoms with E-state index in [4.69, 9.17) is 16.3 Å². The van der Waals surface area contributed by atoms with Crippen molar-refractivity contribution in [3.63, 3.8) is 0 Å². The maximum Gasteiger partial charge on any atom is 0.342 e. The lowest BCUT2D eigenvalue weighted by atomic mass is 10.2. The summed E-state index contributed by atoms with van der Waals surface area (Å²) in [6.07, 6.45) is 1.43. The molecule has 112 valence electrons. The molecule has 0 N–H and O–H groups in total. The van der Waals surface area contributed by atoms with Gasteiger partial charge >= 0.3 is 5.97 Å². The molecule has 1 aromatic heterocycles. The van der Waals surface area contributed by atoms with Gasteiger partial charge in [0, 0.05) is 0 Å². The Kier molecular flexibility index (Phi) is 4.05. The van der Waals surface area contributed by atoms with Gasteiger partial charge in [0.1, 0.15) is 17.0 Å². The molecular weight excluding hydrogens is 295 g/mol. The minimum absolute atomic E-state index is 0.00113. The number of benzene rings is 1. The van der Waals surface area contributed by atoms with E-state index < -0.39 is 17.4 Å². The highest BCUT2D eigenvalue weighted by molar-refractivity contribution is 6.30. The molecule has 0 amide bonds. The van der Waals surface area contributed by atoms with Crippen LogP contribution >= 0.6 is 11.6 Å². The first-order valence-electron chi connectivity index (χ1n) is 6.42. The van der Waals surface area contributed by atoms with Gasteiger partial charge in [-0.2, -0.15) is 5.10 Å². The number of aromatic nitrogens is 2. The molecule has 1 aromatic carbocycles. The molecule has 2 aromatic rings. The van der Waals surface area contributed by atoms with E-state index in [0.29, 0.717) is 16.9 Å². The van der Waals surface area contributed by atoms with E-state index >= 15 is 0 Å². The Morgan fingerprint density at radius 2 is 2.05 bits per heavy atom. The molecule has 0 saturated carbocycles. The Morgan fingerprint density at radius 3 is 2.62 bits per heavy atom. The Bertz CT molecular complexity index is 689. The molecule has 6 heteroatoms. The van der Waals surface area contributed by atoms with Gasteiger partial charge in [-0.1, -0.05) is 11.6 Å². The third-order valence-corrected chi connectivity index (χ3v) is 3.07. The van der Waals surface area contributed by atoms with Crippen LogP contribution in [0.5, 0.6) is 0 Å². The van der Waals surface area contributed by atoms with Crippen LogP contribution in [0.25, 0.3) is 5.69 Å². The topological polar surface area (TPSA) is 44.1 Å². The van der Waals surface area contributed by atoms with Gasteiger partial charge in [-0.15, -0.1) is 0 Å². The third-order valence-electron chi connectivity index (χ3n) is 2.78. The van der Waals surface area contributed by atoms with Crippen molar-refractivity contribution in [3.05, 3.63) is 46.5 Å². The van der Waals surface area contributed by atoms with Crippen LogP contribution in [0.3, 0.4) is 0 Å². The fraction of sp³-hybridized carbons (Fsp3) is 0.333. The largest absolute Gasteiger partial charge is 0.456 e. The predicted octanol–water partition coefficient (Wildman–Crippen LogP) is 3.93. The summed E-state index contributed by atoms with van der Waals surface area (Å²) in [5.74, 6) is -0.947. The van der Waals surface area contributed by atoms with Gasteiger partial charge < -0.3 is 4.74 Å². The summed E-state index contributed by atoms with van der Waals surface area (Å²) in [4.78, 5) is 12.1. The van der Waals surface area contributed by atoms with Crippen molar-refractivity contribution in [2.24, 2.45) is 0 Å². The van der Waals surface area contributed by atoms with E-state index in [2.05, 4.69) is 5.10 Å². The summed E-state index contributed by atoms with van der Waals surface area (Å²) in [6.45, 7) is 7.13. The highest BCUT2D eigenvalue weighted by Crippen LogP contribution is 2.22. The Hall–Kier alpha value is -1.88. The molecule has 0 aliphatic carbocycles. The monoisotopic (exact) mass is 310 g/mol. The van der Waals surface area contributed by atoms with Crippen molar-refractivity contribution in [1.82, 2.24) is 9.78 Å². The molecule has 0 unspecified atom stereocenters. The highest BCUT2D eigenvalue weighted by atomic mass is 35.5. The fourth-order valence-electron chi connectivity index (χ4n) is 1.82. The molecule has 0 bridgehead atoms. The zero-order valence-electron chi connectivity index (χ0n) is 12.3. The highest BCUT2D eigenvalue weighted by Gasteiger charge is 2.22. The lowest BCUT2D eigenvalue weighted by molar-refractivity contribution is 0.00687. The van der Waals surface area contributed by atoms with Crippen molar-refractivity contribution in [2.75, 3.05) is 0 Å². The van der Waals surface area contributed by atoms with Crippen LogP contribution in [0.1, 0.15) is 36.8 Å². The molecule has 0 atom stereocenters. The van der Waals surface area contributed by atoms with Gasteiger partial charge in [-0.05, 0) is 45.9 Å². The summed E-state index contributed by atoms with van der Waals surface area (Å²) < 4.78 is 20.0. The average Bonchev–Trinajstić information content (AvgIpc) is 2.73. The van der Waals surface area contributed by atoms with Crippen molar-refractivity contribution < 1.29 is 13.9 Å². The van der Waals surface area contributed by atoms with Gasteiger partial charge in [0.15, 0.2) is 0 Å². The second-order valence-corrected chi connectivity index (χ2v) is 6.06. The van der Waals surface area contributed by atoms with Crippen LogP contribution in [0.4, 0.5) is 4.39 Å². The molecule has 0 radical (unpaired) electrons. The molecule has 0 aliphatic rings. The molecule has 2 rings (SSSR count). The molecule has 4 nitrogen and oxygen atoms in total. The van der Waals surface area contributed by atoms with Gasteiger partial charge in [0.25, 0.3) is 0 Å². The van der Waals surface area contributed by atoms with Crippen LogP contribution < -0.4 is 0 Å². The summed E-state index contributed by atoms with van der Waals surface area (Å²) in [5, 5.41) is 4.14. The molecule has 1 heterocycles. The van der Waals surface area contributed by atoms with E-state index in [9.17, 15) is 9.18 Å². The number of hydrogen-bond donors (Lipinski definition) is 0. The molecule has 0 fully saturated rings. The Balaban J connectivity index is 2.36. The zero-order chi connectivity index (χ0) is 15.8. The minimum Gasteiger partial charge on any atom is -0.456 e. The molecule has 0 spiro atoms. The number of hydrogen-bond acceptors (Lipinski definition) is 3. The standard InChI is InChI=1S/C15H16ClFN2O2/c1-9-11(14(20)21-15(2,3)4)8-18-19(9)10-5-6-13(17)12(16)7-10/h5-8H,1-4H3. The van der Waals surface area contributed by atoms with Gasteiger partial charge in [-0.3, -0.25) is 0 Å². The molecule has 0 aliphatic heterocycles. The minimum atomic E-state index is -0.579. The van der Waals surface area contributed by atoms with Gasteiger partial charge in [-0.25, -0.2) is 13.9 Å². The first kappa shape index (κ1) is 15.5. The maximum atomic E-state index is 13.2. The summed E-state index contributed by atoms with van der Waals surface area (Å²) in [5.41, 5.74) is 0.969. The summed E-state index contributed by atoms with van der Waals surface area (Å²) in [6, 6.07) is 4.25. The predicted molar refractivity (Wildman–Crippen MR) is 78.4 cm³/mol. The van der Waals surface area contributed by atoms with Gasteiger partial charge in [0.05, 0.1) is 22.6 Å². The second-order valence-electron chi connectivity index (χ2n) is 5.66.